The molecule has 8 heteroatoms. The molecule has 0 aromatic carbocycles. The number of amides is 1. The number of nitrogens with zero attached hydrogens (tertiary/aromatic N) is 2. The lowest BCUT2D eigenvalue weighted by atomic mass is 9.97. The van der Waals surface area contributed by atoms with Gasteiger partial charge < -0.3 is 10.2 Å². The molecule has 2 fully saturated rings. The Morgan fingerprint density at radius 1 is 1.22 bits per heavy atom. The molecule has 0 bridgehead atoms. The first-order valence-electron chi connectivity index (χ1n) is 8.42. The van der Waals surface area contributed by atoms with E-state index < -0.39 is 16.1 Å². The lowest BCUT2D eigenvalue weighted by Crippen LogP contribution is -2.51. The molecule has 2 saturated heterocycles. The molecular formula is C15H30ClN3O3S. The van der Waals surface area contributed by atoms with Crippen molar-refractivity contribution < 1.29 is 13.2 Å². The van der Waals surface area contributed by atoms with Crippen LogP contribution in [0.3, 0.4) is 0 Å². The highest BCUT2D eigenvalue weighted by molar-refractivity contribution is 7.89. The van der Waals surface area contributed by atoms with Crippen LogP contribution in [0, 0.1) is 5.92 Å². The highest BCUT2D eigenvalue weighted by Crippen LogP contribution is 2.25. The fraction of sp³-hybridized carbons (Fsp3) is 0.933. The number of hydrogen-bond acceptors (Lipinski definition) is 4. The van der Waals surface area contributed by atoms with Gasteiger partial charge in [-0.3, -0.25) is 4.79 Å². The van der Waals surface area contributed by atoms with Gasteiger partial charge in [-0.15, -0.1) is 12.4 Å². The molecular weight excluding hydrogens is 338 g/mol. The largest absolute Gasteiger partial charge is 0.341 e. The van der Waals surface area contributed by atoms with Crippen molar-refractivity contribution in [3.8, 4) is 0 Å². The summed E-state index contributed by atoms with van der Waals surface area (Å²) in [7, 11) is -1.37. The van der Waals surface area contributed by atoms with Gasteiger partial charge in [-0.2, -0.15) is 4.31 Å². The number of nitrogens with one attached hydrogen (secondary N) is 1. The molecule has 0 aromatic rings. The van der Waals surface area contributed by atoms with Crippen LogP contribution in [0.1, 0.15) is 39.0 Å². The first-order valence-corrected chi connectivity index (χ1v) is 10.0. The summed E-state index contributed by atoms with van der Waals surface area (Å²) in [5, 5.41) is 3.17. The van der Waals surface area contributed by atoms with Gasteiger partial charge in [0.15, 0.2) is 0 Å². The predicted octanol–water partition coefficient (Wildman–Crippen LogP) is 1.07. The summed E-state index contributed by atoms with van der Waals surface area (Å²) < 4.78 is 26.1. The van der Waals surface area contributed by atoms with Crippen LogP contribution in [0.5, 0.6) is 0 Å². The highest BCUT2D eigenvalue weighted by atomic mass is 35.5. The van der Waals surface area contributed by atoms with Crippen molar-refractivity contribution in [2.45, 2.75) is 45.1 Å². The molecule has 0 spiro atoms. The van der Waals surface area contributed by atoms with Crippen molar-refractivity contribution in [3.05, 3.63) is 0 Å². The molecule has 2 aliphatic heterocycles. The first-order chi connectivity index (χ1) is 10.5. The maximum atomic E-state index is 12.8. The van der Waals surface area contributed by atoms with E-state index in [4.69, 9.17) is 0 Å². The number of rotatable bonds is 6. The zero-order chi connectivity index (χ0) is 16.2. The smallest absolute Gasteiger partial charge is 0.241 e. The molecule has 2 rings (SSSR count). The summed E-state index contributed by atoms with van der Waals surface area (Å²) in [6.07, 6.45) is 4.18. The number of carbonyl (C=O) groups is 1. The quantitative estimate of drug-likeness (QED) is 0.762. The predicted molar refractivity (Wildman–Crippen MR) is 94.3 cm³/mol. The number of piperidine rings is 1. The van der Waals surface area contributed by atoms with Gasteiger partial charge in [0.1, 0.15) is 6.04 Å². The van der Waals surface area contributed by atoms with E-state index in [0.717, 1.165) is 38.9 Å². The Morgan fingerprint density at radius 2 is 1.91 bits per heavy atom. The lowest BCUT2D eigenvalue weighted by molar-refractivity contribution is -0.136. The van der Waals surface area contributed by atoms with Crippen LogP contribution in [0.15, 0.2) is 0 Å². The summed E-state index contributed by atoms with van der Waals surface area (Å²) >= 11 is 0. The van der Waals surface area contributed by atoms with Crippen LogP contribution in [0.2, 0.25) is 0 Å². The molecule has 23 heavy (non-hydrogen) atoms. The van der Waals surface area contributed by atoms with Crippen molar-refractivity contribution >= 4 is 28.3 Å². The Kier molecular flexibility index (Phi) is 8.27. The van der Waals surface area contributed by atoms with Crippen LogP contribution in [0.25, 0.3) is 0 Å². The Hall–Kier alpha value is -0.370. The van der Waals surface area contributed by atoms with E-state index in [1.807, 2.05) is 18.9 Å². The molecule has 1 N–H and O–H groups in total. The van der Waals surface area contributed by atoms with Gasteiger partial charge >= 0.3 is 0 Å². The number of halogens is 1. The van der Waals surface area contributed by atoms with Crippen LogP contribution < -0.4 is 5.32 Å². The SMILES string of the molecule is CCCS(=O)(=O)N1CCCC1C(=O)N1CCCC(CNC)C1.Cl. The fourth-order valence-corrected chi connectivity index (χ4v) is 5.37. The number of hydrogen-bond donors (Lipinski definition) is 1. The molecule has 136 valence electrons. The van der Waals surface area contributed by atoms with Crippen molar-refractivity contribution in [1.82, 2.24) is 14.5 Å². The van der Waals surface area contributed by atoms with Crippen molar-refractivity contribution in [1.29, 1.82) is 0 Å². The second-order valence-corrected chi connectivity index (χ2v) is 8.48. The van der Waals surface area contributed by atoms with Gasteiger partial charge in [0.25, 0.3) is 0 Å². The van der Waals surface area contributed by atoms with Gasteiger partial charge in [-0.1, -0.05) is 6.92 Å². The van der Waals surface area contributed by atoms with Gasteiger partial charge in [0.2, 0.25) is 15.9 Å². The average Bonchev–Trinajstić information content (AvgIpc) is 2.97. The monoisotopic (exact) mass is 367 g/mol. The standard InChI is InChI=1S/C15H29N3O3S.ClH/c1-3-10-22(20,21)18-9-5-7-14(18)15(19)17-8-4-6-13(12-17)11-16-2;/h13-14,16H,3-12H2,1-2H3;1H. The highest BCUT2D eigenvalue weighted by Gasteiger charge is 2.40. The van der Waals surface area contributed by atoms with Gasteiger partial charge in [0, 0.05) is 19.6 Å². The third kappa shape index (κ3) is 5.05. The molecule has 6 nitrogen and oxygen atoms in total. The summed E-state index contributed by atoms with van der Waals surface area (Å²) in [5.74, 6) is 0.627. The maximum absolute atomic E-state index is 12.8. The zero-order valence-electron chi connectivity index (χ0n) is 14.2. The molecule has 2 atom stereocenters. The zero-order valence-corrected chi connectivity index (χ0v) is 15.8. The molecule has 0 aliphatic carbocycles. The van der Waals surface area contributed by atoms with E-state index in [2.05, 4.69) is 5.32 Å². The van der Waals surface area contributed by atoms with Gasteiger partial charge in [-0.05, 0) is 51.6 Å². The van der Waals surface area contributed by atoms with Gasteiger partial charge in [0.05, 0.1) is 5.75 Å². The molecule has 0 saturated carbocycles. The third-order valence-corrected chi connectivity index (χ3v) is 6.71. The van der Waals surface area contributed by atoms with Crippen LogP contribution in [-0.4, -0.2) is 68.6 Å². The normalized spacial score (nSPS) is 26.1. The van der Waals surface area contributed by atoms with E-state index in [0.29, 0.717) is 25.3 Å². The fourth-order valence-electron chi connectivity index (χ4n) is 3.63. The summed E-state index contributed by atoms with van der Waals surface area (Å²) in [4.78, 5) is 14.7. The second kappa shape index (κ2) is 9.20. The molecule has 2 aliphatic rings. The minimum absolute atomic E-state index is 0. The third-order valence-electron chi connectivity index (χ3n) is 4.63. The number of carbonyl (C=O) groups excluding carboxylic acids is 1. The van der Waals surface area contributed by atoms with E-state index in [1.165, 1.54) is 4.31 Å². The molecule has 0 radical (unpaired) electrons. The molecule has 1 amide bonds. The van der Waals surface area contributed by atoms with Crippen molar-refractivity contribution in [2.75, 3.05) is 39.0 Å². The topological polar surface area (TPSA) is 69.7 Å². The molecule has 0 aromatic heterocycles. The van der Waals surface area contributed by atoms with Gasteiger partial charge in [-0.25, -0.2) is 8.42 Å². The van der Waals surface area contributed by atoms with Crippen molar-refractivity contribution in [2.24, 2.45) is 5.92 Å². The molecule has 2 unspecified atom stereocenters. The average molecular weight is 368 g/mol. The Balaban J connectivity index is 0.00000264. The van der Waals surface area contributed by atoms with Crippen LogP contribution in [0.4, 0.5) is 0 Å². The number of sulfonamides is 1. The van der Waals surface area contributed by atoms with E-state index in [1.54, 1.807) is 0 Å². The van der Waals surface area contributed by atoms with Crippen molar-refractivity contribution in [3.63, 3.8) is 0 Å². The van der Waals surface area contributed by atoms with E-state index >= 15 is 0 Å². The Morgan fingerprint density at radius 3 is 2.57 bits per heavy atom. The van der Waals surface area contributed by atoms with E-state index in [-0.39, 0.29) is 24.1 Å². The second-order valence-electron chi connectivity index (χ2n) is 6.43. The maximum Gasteiger partial charge on any atom is 0.241 e. The Bertz CT molecular complexity index is 484. The van der Waals surface area contributed by atoms with E-state index in [9.17, 15) is 13.2 Å². The molecule has 2 heterocycles. The summed E-state index contributed by atoms with van der Waals surface area (Å²) in [6, 6.07) is -0.468. The van der Waals surface area contributed by atoms with Crippen LogP contribution in [-0.2, 0) is 14.8 Å². The first kappa shape index (κ1) is 20.7. The Labute approximate surface area is 146 Å². The summed E-state index contributed by atoms with van der Waals surface area (Å²) in [5.41, 5.74) is 0. The van der Waals surface area contributed by atoms with Crippen LogP contribution >= 0.6 is 12.4 Å². The lowest BCUT2D eigenvalue weighted by Gasteiger charge is -2.36. The minimum atomic E-state index is -3.29. The minimum Gasteiger partial charge on any atom is -0.341 e. The number of likely N-dealkylation sites (tertiary alicyclic amines) is 1. The summed E-state index contributed by atoms with van der Waals surface area (Å²) in [6.45, 7) is 4.77.